The number of aryl methyl sites for hydroxylation is 1. The molecule has 0 bridgehead atoms. The lowest BCUT2D eigenvalue weighted by Crippen LogP contribution is -2.46. The molecule has 1 amide bonds. The third-order valence-corrected chi connectivity index (χ3v) is 4.64. The summed E-state index contributed by atoms with van der Waals surface area (Å²) in [6.45, 7) is 1.99. The van der Waals surface area contributed by atoms with E-state index in [-0.39, 0.29) is 12.3 Å². The van der Waals surface area contributed by atoms with Crippen molar-refractivity contribution >= 4 is 11.9 Å². The highest BCUT2D eigenvalue weighted by atomic mass is 16.4. The zero-order valence-corrected chi connectivity index (χ0v) is 13.7. The first-order valence-electron chi connectivity index (χ1n) is 8.16. The summed E-state index contributed by atoms with van der Waals surface area (Å²) in [5.74, 6) is -1.19. The van der Waals surface area contributed by atoms with Crippen LogP contribution < -0.4 is 5.32 Å². The number of hydrogen-bond donors (Lipinski definition) is 2. The van der Waals surface area contributed by atoms with Crippen molar-refractivity contribution in [3.8, 4) is 0 Å². The number of carboxylic acids is 1. The van der Waals surface area contributed by atoms with Crippen molar-refractivity contribution in [1.29, 1.82) is 0 Å². The smallest absolute Gasteiger partial charge is 0.326 e. The largest absolute Gasteiger partial charge is 0.480 e. The molecule has 1 fully saturated rings. The summed E-state index contributed by atoms with van der Waals surface area (Å²) in [7, 11) is 0. The minimum Gasteiger partial charge on any atom is -0.480 e. The van der Waals surface area contributed by atoms with Gasteiger partial charge in [-0.2, -0.15) is 0 Å². The predicted octanol–water partition coefficient (Wildman–Crippen LogP) is 2.84. The number of carboxylic acid groups (broad SMARTS) is 1. The van der Waals surface area contributed by atoms with E-state index in [2.05, 4.69) is 5.32 Å². The summed E-state index contributed by atoms with van der Waals surface area (Å²) in [6, 6.07) is 16.3. The Kier molecular flexibility index (Phi) is 4.38. The number of nitrogens with one attached hydrogen (secondary N) is 1. The molecule has 1 aliphatic carbocycles. The van der Waals surface area contributed by atoms with E-state index in [9.17, 15) is 14.7 Å². The van der Waals surface area contributed by atoms with E-state index in [0.717, 1.165) is 29.5 Å². The molecule has 24 heavy (non-hydrogen) atoms. The van der Waals surface area contributed by atoms with Crippen LogP contribution in [0.4, 0.5) is 0 Å². The number of aliphatic carboxylic acids is 1. The summed E-state index contributed by atoms with van der Waals surface area (Å²) in [5, 5.41) is 12.2. The second-order valence-electron chi connectivity index (χ2n) is 6.51. The molecule has 0 saturated heterocycles. The number of carbonyl (C=O) groups is 2. The van der Waals surface area contributed by atoms with Crippen LogP contribution in [-0.4, -0.2) is 23.0 Å². The SMILES string of the molecule is Cc1cccc(C2(C(=O)NC(Cc3ccccc3)C(=O)O)CC2)c1. The number of benzene rings is 2. The van der Waals surface area contributed by atoms with Crippen molar-refractivity contribution in [2.75, 3.05) is 0 Å². The first-order chi connectivity index (χ1) is 11.5. The summed E-state index contributed by atoms with van der Waals surface area (Å²) in [4.78, 5) is 24.3. The third kappa shape index (κ3) is 3.32. The molecule has 0 spiro atoms. The fourth-order valence-electron chi connectivity index (χ4n) is 3.06. The van der Waals surface area contributed by atoms with Crippen molar-refractivity contribution in [3.05, 3.63) is 71.3 Å². The molecule has 124 valence electrons. The lowest BCUT2D eigenvalue weighted by molar-refractivity contribution is -0.142. The molecule has 0 heterocycles. The van der Waals surface area contributed by atoms with Gasteiger partial charge < -0.3 is 10.4 Å². The zero-order chi connectivity index (χ0) is 17.2. The molecule has 2 N–H and O–H groups in total. The number of rotatable bonds is 6. The molecule has 1 atom stereocenters. The summed E-state index contributed by atoms with van der Waals surface area (Å²) in [6.07, 6.45) is 1.81. The summed E-state index contributed by atoms with van der Waals surface area (Å²) < 4.78 is 0. The number of carbonyl (C=O) groups excluding carboxylic acids is 1. The van der Waals surface area contributed by atoms with E-state index in [1.807, 2.05) is 61.5 Å². The average molecular weight is 323 g/mol. The monoisotopic (exact) mass is 323 g/mol. The van der Waals surface area contributed by atoms with Gasteiger partial charge in [-0.3, -0.25) is 4.79 Å². The minimum absolute atomic E-state index is 0.184. The van der Waals surface area contributed by atoms with Gasteiger partial charge in [-0.1, -0.05) is 60.2 Å². The van der Waals surface area contributed by atoms with Crippen LogP contribution in [0, 0.1) is 6.92 Å². The van der Waals surface area contributed by atoms with E-state index in [4.69, 9.17) is 0 Å². The number of amides is 1. The average Bonchev–Trinajstić information content (AvgIpc) is 3.37. The normalized spacial score (nSPS) is 16.2. The molecular formula is C20H21NO3. The Morgan fingerprint density at radius 1 is 1.12 bits per heavy atom. The van der Waals surface area contributed by atoms with E-state index < -0.39 is 17.4 Å². The lowest BCUT2D eigenvalue weighted by Gasteiger charge is -2.20. The topological polar surface area (TPSA) is 66.4 Å². The van der Waals surface area contributed by atoms with E-state index in [1.54, 1.807) is 0 Å². The van der Waals surface area contributed by atoms with Gasteiger partial charge in [-0.25, -0.2) is 4.79 Å². The summed E-state index contributed by atoms with van der Waals surface area (Å²) in [5.41, 5.74) is 2.41. The van der Waals surface area contributed by atoms with Crippen molar-refractivity contribution < 1.29 is 14.7 Å². The molecule has 0 aromatic heterocycles. The Morgan fingerprint density at radius 3 is 2.42 bits per heavy atom. The zero-order valence-electron chi connectivity index (χ0n) is 13.7. The maximum Gasteiger partial charge on any atom is 0.326 e. The minimum atomic E-state index is -1.01. The highest BCUT2D eigenvalue weighted by Gasteiger charge is 2.51. The molecule has 0 aliphatic heterocycles. The molecule has 4 nitrogen and oxygen atoms in total. The fraction of sp³-hybridized carbons (Fsp3) is 0.300. The fourth-order valence-corrected chi connectivity index (χ4v) is 3.06. The highest BCUT2D eigenvalue weighted by Crippen LogP contribution is 2.48. The Labute approximate surface area is 141 Å². The van der Waals surface area contributed by atoms with Crippen molar-refractivity contribution in [2.45, 2.75) is 37.6 Å². The van der Waals surface area contributed by atoms with Crippen molar-refractivity contribution in [3.63, 3.8) is 0 Å². The van der Waals surface area contributed by atoms with Crippen molar-refractivity contribution in [2.24, 2.45) is 0 Å². The van der Waals surface area contributed by atoms with Gasteiger partial charge >= 0.3 is 5.97 Å². The van der Waals surface area contributed by atoms with Crippen LogP contribution in [0.5, 0.6) is 0 Å². The molecule has 2 aromatic carbocycles. The van der Waals surface area contributed by atoms with Gasteiger partial charge in [0.25, 0.3) is 0 Å². The van der Waals surface area contributed by atoms with E-state index in [1.165, 1.54) is 0 Å². The number of hydrogen-bond acceptors (Lipinski definition) is 2. The predicted molar refractivity (Wildman–Crippen MR) is 91.8 cm³/mol. The molecule has 0 radical (unpaired) electrons. The van der Waals surface area contributed by atoms with E-state index in [0.29, 0.717) is 0 Å². The Hall–Kier alpha value is -2.62. The molecule has 3 rings (SSSR count). The van der Waals surface area contributed by atoms with Crippen LogP contribution in [0.3, 0.4) is 0 Å². The quantitative estimate of drug-likeness (QED) is 0.859. The van der Waals surface area contributed by atoms with Crippen LogP contribution in [0.15, 0.2) is 54.6 Å². The van der Waals surface area contributed by atoms with Gasteiger partial charge in [0.05, 0.1) is 5.41 Å². The Morgan fingerprint density at radius 2 is 1.83 bits per heavy atom. The first-order valence-corrected chi connectivity index (χ1v) is 8.16. The maximum absolute atomic E-state index is 12.8. The van der Waals surface area contributed by atoms with Gasteiger partial charge in [-0.05, 0) is 30.9 Å². The van der Waals surface area contributed by atoms with Gasteiger partial charge in [0.2, 0.25) is 5.91 Å². The maximum atomic E-state index is 12.8. The Balaban J connectivity index is 1.75. The summed E-state index contributed by atoms with van der Waals surface area (Å²) >= 11 is 0. The third-order valence-electron chi connectivity index (χ3n) is 4.64. The second-order valence-corrected chi connectivity index (χ2v) is 6.51. The van der Waals surface area contributed by atoms with Crippen LogP contribution >= 0.6 is 0 Å². The highest BCUT2D eigenvalue weighted by molar-refractivity contribution is 5.94. The first kappa shape index (κ1) is 16.2. The van der Waals surface area contributed by atoms with Crippen molar-refractivity contribution in [1.82, 2.24) is 5.32 Å². The van der Waals surface area contributed by atoms with Crippen LogP contribution in [0.1, 0.15) is 29.5 Å². The van der Waals surface area contributed by atoms with E-state index >= 15 is 0 Å². The molecule has 2 aromatic rings. The van der Waals surface area contributed by atoms with Crippen LogP contribution in [0.2, 0.25) is 0 Å². The lowest BCUT2D eigenvalue weighted by atomic mass is 9.93. The molecule has 1 aliphatic rings. The Bertz CT molecular complexity index is 750. The molecule has 1 unspecified atom stereocenters. The molecule has 1 saturated carbocycles. The van der Waals surface area contributed by atoms with Crippen LogP contribution in [0.25, 0.3) is 0 Å². The van der Waals surface area contributed by atoms with Gasteiger partial charge in [-0.15, -0.1) is 0 Å². The second kappa shape index (κ2) is 6.48. The molecule has 4 heteroatoms. The van der Waals surface area contributed by atoms with Gasteiger partial charge in [0.1, 0.15) is 6.04 Å². The van der Waals surface area contributed by atoms with Crippen LogP contribution in [-0.2, 0) is 21.4 Å². The standard InChI is InChI=1S/C20H21NO3/c1-14-6-5-9-16(12-14)20(10-11-20)19(24)21-17(18(22)23)13-15-7-3-2-4-8-15/h2-9,12,17H,10-11,13H2,1H3,(H,21,24)(H,22,23). The van der Waals surface area contributed by atoms with Gasteiger partial charge in [0, 0.05) is 6.42 Å². The van der Waals surface area contributed by atoms with Gasteiger partial charge in [0.15, 0.2) is 0 Å². The molecular weight excluding hydrogens is 302 g/mol.